The van der Waals surface area contributed by atoms with E-state index in [1.165, 1.54) is 16.6 Å². The first-order chi connectivity index (χ1) is 13.6. The number of likely N-dealkylation sites (tertiary alicyclic amines) is 1. The molecule has 0 spiro atoms. The number of carbonyl (C=O) groups is 2. The summed E-state index contributed by atoms with van der Waals surface area (Å²) in [5.74, 6) is -0.614. The lowest BCUT2D eigenvalue weighted by atomic mass is 9.85. The number of aromatic nitrogens is 3. The highest BCUT2D eigenvalue weighted by atomic mass is 16.5. The van der Waals surface area contributed by atoms with Crippen LogP contribution in [0, 0.1) is 5.41 Å². The van der Waals surface area contributed by atoms with Crippen molar-refractivity contribution in [2.45, 2.75) is 63.8 Å². The zero-order chi connectivity index (χ0) is 21.4. The van der Waals surface area contributed by atoms with E-state index >= 15 is 0 Å². The fourth-order valence-corrected chi connectivity index (χ4v) is 4.09. The second kappa shape index (κ2) is 8.00. The predicted molar refractivity (Wildman–Crippen MR) is 103 cm³/mol. The average molecular weight is 409 g/mol. The number of β-amino-alcohol motifs (C(OH)–C–C–N with tert-alkyl or cyclic N) is 1. The van der Waals surface area contributed by atoms with Crippen molar-refractivity contribution in [3.63, 3.8) is 0 Å². The van der Waals surface area contributed by atoms with Crippen LogP contribution in [0.5, 0.6) is 0 Å². The first-order valence-corrected chi connectivity index (χ1v) is 9.99. The fraction of sp³-hybridized carbons (Fsp3) is 0.789. The Hall–Kier alpha value is -2.04. The van der Waals surface area contributed by atoms with Gasteiger partial charge in [0.15, 0.2) is 0 Å². The molecule has 0 unspecified atom stereocenters. The van der Waals surface area contributed by atoms with Crippen LogP contribution >= 0.6 is 0 Å². The molecule has 0 bridgehead atoms. The Labute approximate surface area is 170 Å². The lowest BCUT2D eigenvalue weighted by Crippen LogP contribution is -2.49. The third-order valence-electron chi connectivity index (χ3n) is 5.74. The zero-order valence-electron chi connectivity index (χ0n) is 17.5. The molecule has 3 atom stereocenters. The number of likely N-dealkylation sites (N-methyl/N-ethyl adjacent to an activating group) is 1. The van der Waals surface area contributed by atoms with Gasteiger partial charge in [0, 0.05) is 46.1 Å². The summed E-state index contributed by atoms with van der Waals surface area (Å²) in [6, 6.07) is -1.47. The van der Waals surface area contributed by atoms with Crippen LogP contribution in [0.4, 0.5) is 0 Å². The van der Waals surface area contributed by atoms with Gasteiger partial charge in [-0.25, -0.2) is 4.68 Å². The molecule has 2 saturated heterocycles. The Morgan fingerprint density at radius 1 is 1.34 bits per heavy atom. The van der Waals surface area contributed by atoms with Crippen LogP contribution in [-0.4, -0.2) is 80.9 Å². The maximum Gasteiger partial charge on any atom is 0.248 e. The van der Waals surface area contributed by atoms with E-state index in [4.69, 9.17) is 4.74 Å². The first kappa shape index (κ1) is 21.7. The molecule has 3 heterocycles. The van der Waals surface area contributed by atoms with E-state index in [1.807, 2.05) is 20.8 Å². The molecule has 29 heavy (non-hydrogen) atoms. The molecular weight excluding hydrogens is 378 g/mol. The smallest absolute Gasteiger partial charge is 0.248 e. The summed E-state index contributed by atoms with van der Waals surface area (Å²) in [5.41, 5.74) is -1.26. The van der Waals surface area contributed by atoms with Gasteiger partial charge in [0.1, 0.15) is 23.4 Å². The summed E-state index contributed by atoms with van der Waals surface area (Å²) in [4.78, 5) is 27.2. The van der Waals surface area contributed by atoms with Gasteiger partial charge in [0.2, 0.25) is 11.8 Å². The van der Waals surface area contributed by atoms with Gasteiger partial charge in [-0.3, -0.25) is 9.59 Å². The van der Waals surface area contributed by atoms with Gasteiger partial charge in [0.25, 0.3) is 0 Å². The highest BCUT2D eigenvalue weighted by Crippen LogP contribution is 2.36. The Bertz CT molecular complexity index is 752. The molecule has 3 N–H and O–H groups in total. The van der Waals surface area contributed by atoms with Gasteiger partial charge in [0.05, 0.1) is 12.3 Å². The minimum absolute atomic E-state index is 0.0896. The largest absolute Gasteiger partial charge is 0.391 e. The monoisotopic (exact) mass is 409 g/mol. The van der Waals surface area contributed by atoms with Gasteiger partial charge in [-0.2, -0.15) is 0 Å². The van der Waals surface area contributed by atoms with Crippen molar-refractivity contribution in [2.75, 3.05) is 26.8 Å². The van der Waals surface area contributed by atoms with Crippen molar-refractivity contribution in [3.8, 4) is 0 Å². The van der Waals surface area contributed by atoms with Gasteiger partial charge in [-0.15, -0.1) is 5.10 Å². The van der Waals surface area contributed by atoms with Crippen LogP contribution in [-0.2, 0) is 19.9 Å². The molecule has 1 aromatic rings. The van der Waals surface area contributed by atoms with Gasteiger partial charge < -0.3 is 25.2 Å². The quantitative estimate of drug-likeness (QED) is 0.615. The van der Waals surface area contributed by atoms with E-state index in [-0.39, 0.29) is 24.8 Å². The SMILES string of the molecule is CNC(=O)[C@@H]1C[C@@H](O)CN1C(=O)[C@@H](n1cc(C2(O)CCOCC2)nn1)C(C)(C)C. The summed E-state index contributed by atoms with van der Waals surface area (Å²) >= 11 is 0. The summed E-state index contributed by atoms with van der Waals surface area (Å²) in [7, 11) is 1.51. The summed E-state index contributed by atoms with van der Waals surface area (Å²) < 4.78 is 6.79. The summed E-state index contributed by atoms with van der Waals surface area (Å²) in [6.45, 7) is 6.67. The van der Waals surface area contributed by atoms with Crippen molar-refractivity contribution < 1.29 is 24.5 Å². The number of nitrogens with zero attached hydrogens (tertiary/aromatic N) is 4. The third kappa shape index (κ3) is 4.29. The molecule has 162 valence electrons. The van der Waals surface area contributed by atoms with Crippen molar-refractivity contribution in [3.05, 3.63) is 11.9 Å². The number of hydrogen-bond donors (Lipinski definition) is 3. The topological polar surface area (TPSA) is 130 Å². The minimum Gasteiger partial charge on any atom is -0.391 e. The van der Waals surface area contributed by atoms with Crippen LogP contribution in [0.2, 0.25) is 0 Å². The molecule has 0 saturated carbocycles. The molecule has 0 aromatic carbocycles. The Kier molecular flexibility index (Phi) is 5.98. The van der Waals surface area contributed by atoms with E-state index in [2.05, 4.69) is 15.6 Å². The number of aliphatic hydroxyl groups is 2. The number of ether oxygens (including phenoxy) is 1. The molecule has 0 radical (unpaired) electrons. The number of amides is 2. The van der Waals surface area contributed by atoms with Crippen molar-refractivity contribution in [2.24, 2.45) is 5.41 Å². The molecule has 2 fully saturated rings. The third-order valence-corrected chi connectivity index (χ3v) is 5.74. The Morgan fingerprint density at radius 3 is 2.59 bits per heavy atom. The van der Waals surface area contributed by atoms with Gasteiger partial charge in [-0.05, 0) is 5.41 Å². The maximum absolute atomic E-state index is 13.5. The second-order valence-corrected chi connectivity index (χ2v) is 9.01. The summed E-state index contributed by atoms with van der Waals surface area (Å²) in [5, 5.41) is 31.8. The lowest BCUT2D eigenvalue weighted by Gasteiger charge is -2.34. The highest BCUT2D eigenvalue weighted by Gasteiger charge is 2.45. The van der Waals surface area contributed by atoms with E-state index < -0.39 is 29.2 Å². The van der Waals surface area contributed by atoms with E-state index in [9.17, 15) is 19.8 Å². The molecule has 2 amide bonds. The van der Waals surface area contributed by atoms with E-state index in [1.54, 1.807) is 6.20 Å². The Morgan fingerprint density at radius 2 is 2.00 bits per heavy atom. The molecule has 10 nitrogen and oxygen atoms in total. The van der Waals surface area contributed by atoms with E-state index in [0.717, 1.165) is 0 Å². The van der Waals surface area contributed by atoms with Crippen molar-refractivity contribution in [1.29, 1.82) is 0 Å². The zero-order valence-corrected chi connectivity index (χ0v) is 17.5. The van der Waals surface area contributed by atoms with Crippen molar-refractivity contribution >= 4 is 11.8 Å². The maximum atomic E-state index is 13.5. The first-order valence-electron chi connectivity index (χ1n) is 9.99. The Balaban J connectivity index is 1.91. The molecule has 0 aliphatic carbocycles. The average Bonchev–Trinajstić information content (AvgIpc) is 3.28. The number of hydrogen-bond acceptors (Lipinski definition) is 7. The van der Waals surface area contributed by atoms with Crippen LogP contribution in [0.1, 0.15) is 51.8 Å². The van der Waals surface area contributed by atoms with Crippen LogP contribution in [0.15, 0.2) is 6.20 Å². The van der Waals surface area contributed by atoms with Crippen LogP contribution < -0.4 is 5.32 Å². The highest BCUT2D eigenvalue weighted by molar-refractivity contribution is 5.90. The fourth-order valence-electron chi connectivity index (χ4n) is 4.09. The molecular formula is C19H31N5O5. The van der Waals surface area contributed by atoms with Crippen molar-refractivity contribution in [1.82, 2.24) is 25.2 Å². The van der Waals surface area contributed by atoms with Gasteiger partial charge >= 0.3 is 0 Å². The number of carbonyl (C=O) groups excluding carboxylic acids is 2. The molecule has 3 rings (SSSR count). The standard InChI is InChI=1S/C19H31N5O5/c1-18(2,3)15(17(27)23-10-12(25)9-13(23)16(26)20-4)24-11-14(21-22-24)19(28)5-7-29-8-6-19/h11-13,15,25,28H,5-10H2,1-4H3,(H,20,26)/t12-,13+,15-/m1/s1. The number of nitrogens with one attached hydrogen (secondary N) is 1. The molecule has 2 aliphatic rings. The minimum atomic E-state index is -1.13. The summed E-state index contributed by atoms with van der Waals surface area (Å²) in [6.07, 6.45) is 1.88. The second-order valence-electron chi connectivity index (χ2n) is 9.01. The van der Waals surface area contributed by atoms with E-state index in [0.29, 0.717) is 31.7 Å². The lowest BCUT2D eigenvalue weighted by molar-refractivity contribution is -0.144. The molecule has 10 heteroatoms. The molecule has 1 aromatic heterocycles. The normalized spacial score (nSPS) is 25.7. The van der Waals surface area contributed by atoms with Gasteiger partial charge in [-0.1, -0.05) is 26.0 Å². The number of aliphatic hydroxyl groups excluding tert-OH is 1. The molecule has 2 aliphatic heterocycles. The predicted octanol–water partition coefficient (Wildman–Crippen LogP) is -0.429. The van der Waals surface area contributed by atoms with Crippen LogP contribution in [0.25, 0.3) is 0 Å². The van der Waals surface area contributed by atoms with Crippen LogP contribution in [0.3, 0.4) is 0 Å². The number of rotatable bonds is 4.